The first-order valence-electron chi connectivity index (χ1n) is 5.58. The Bertz CT molecular complexity index is 627. The maximum Gasteiger partial charge on any atom is 0.313 e. The van der Waals surface area contributed by atoms with Gasteiger partial charge >= 0.3 is 5.97 Å². The summed E-state index contributed by atoms with van der Waals surface area (Å²) >= 11 is 7.31. The van der Waals surface area contributed by atoms with Crippen LogP contribution in [0.25, 0.3) is 11.0 Å². The Morgan fingerprint density at radius 3 is 3.05 bits per heavy atom. The highest BCUT2D eigenvalue weighted by Gasteiger charge is 2.14. The summed E-state index contributed by atoms with van der Waals surface area (Å²) in [6.45, 7) is 4.34. The van der Waals surface area contributed by atoms with Gasteiger partial charge in [0.25, 0.3) is 0 Å². The lowest BCUT2D eigenvalue weighted by atomic mass is 10.3. The van der Waals surface area contributed by atoms with Gasteiger partial charge in [-0.25, -0.2) is 4.98 Å². The Morgan fingerprint density at radius 1 is 1.58 bits per heavy atom. The number of halogens is 1. The van der Waals surface area contributed by atoms with Gasteiger partial charge in [-0.1, -0.05) is 29.4 Å². The first-order chi connectivity index (χ1) is 9.13. The summed E-state index contributed by atoms with van der Waals surface area (Å²) in [5, 5.41) is 9.90. The van der Waals surface area contributed by atoms with Gasteiger partial charge in [0.15, 0.2) is 5.16 Å². The lowest BCUT2D eigenvalue weighted by molar-refractivity contribution is -0.133. The van der Waals surface area contributed by atoms with Gasteiger partial charge < -0.3 is 9.67 Å². The molecule has 1 N–H and O–H groups in total. The standard InChI is InChI=1S/C12H12ClN3O2S/c1-2-3-4-16-11-8(13)5-14-6-9(11)15-12(16)19-7-10(17)18/h2,5-6H,1,3-4,7H2,(H,17,18). The molecule has 2 aromatic heterocycles. The van der Waals surface area contributed by atoms with Gasteiger partial charge in [0.2, 0.25) is 0 Å². The number of aryl methyl sites for hydroxylation is 1. The molecule has 0 aliphatic heterocycles. The van der Waals surface area contributed by atoms with Gasteiger partial charge in [-0.15, -0.1) is 6.58 Å². The van der Waals surface area contributed by atoms with Crippen molar-refractivity contribution in [3.05, 3.63) is 30.1 Å². The number of hydrogen-bond acceptors (Lipinski definition) is 4. The van der Waals surface area contributed by atoms with E-state index >= 15 is 0 Å². The third-order valence-electron chi connectivity index (χ3n) is 2.45. The van der Waals surface area contributed by atoms with Crippen LogP contribution in [0.2, 0.25) is 5.02 Å². The predicted molar refractivity (Wildman–Crippen MR) is 75.7 cm³/mol. The van der Waals surface area contributed by atoms with Gasteiger partial charge in [-0.2, -0.15) is 0 Å². The molecule has 2 aromatic rings. The maximum atomic E-state index is 10.7. The summed E-state index contributed by atoms with van der Waals surface area (Å²) in [7, 11) is 0. The van der Waals surface area contributed by atoms with E-state index in [1.54, 1.807) is 18.5 Å². The number of carboxylic acids is 1. The summed E-state index contributed by atoms with van der Waals surface area (Å²) in [4.78, 5) is 19.0. The van der Waals surface area contributed by atoms with Crippen molar-refractivity contribution < 1.29 is 9.90 Å². The molecular formula is C12H12ClN3O2S. The topological polar surface area (TPSA) is 68.0 Å². The molecule has 5 nitrogen and oxygen atoms in total. The number of pyridine rings is 1. The van der Waals surface area contributed by atoms with E-state index in [1.807, 2.05) is 4.57 Å². The monoisotopic (exact) mass is 297 g/mol. The van der Waals surface area contributed by atoms with Gasteiger partial charge in [-0.3, -0.25) is 9.78 Å². The number of thioether (sulfide) groups is 1. The van der Waals surface area contributed by atoms with E-state index in [4.69, 9.17) is 16.7 Å². The second-order valence-electron chi connectivity index (χ2n) is 3.79. The van der Waals surface area contributed by atoms with Crippen LogP contribution in [0.3, 0.4) is 0 Å². The minimum atomic E-state index is -0.878. The molecule has 0 aliphatic carbocycles. The summed E-state index contributed by atoms with van der Waals surface area (Å²) in [5.74, 6) is -0.917. The maximum absolute atomic E-state index is 10.7. The zero-order chi connectivity index (χ0) is 13.8. The largest absolute Gasteiger partial charge is 0.481 e. The van der Waals surface area contributed by atoms with Gasteiger partial charge in [0.05, 0.1) is 22.5 Å². The number of allylic oxidation sites excluding steroid dienone is 1. The Morgan fingerprint density at radius 2 is 2.37 bits per heavy atom. The Balaban J connectivity index is 2.45. The van der Waals surface area contributed by atoms with E-state index in [-0.39, 0.29) is 5.75 Å². The minimum absolute atomic E-state index is 0.0392. The molecule has 0 saturated heterocycles. The molecule has 2 heterocycles. The molecule has 100 valence electrons. The quantitative estimate of drug-likeness (QED) is 0.656. The van der Waals surface area contributed by atoms with Crippen molar-refractivity contribution in [2.75, 3.05) is 5.75 Å². The predicted octanol–water partition coefficient (Wildman–Crippen LogP) is 2.84. The van der Waals surface area contributed by atoms with Crippen molar-refractivity contribution >= 4 is 40.4 Å². The highest BCUT2D eigenvalue weighted by Crippen LogP contribution is 2.28. The number of aromatic nitrogens is 3. The van der Waals surface area contributed by atoms with Crippen molar-refractivity contribution in [2.24, 2.45) is 0 Å². The normalized spacial score (nSPS) is 10.8. The van der Waals surface area contributed by atoms with Crippen LogP contribution >= 0.6 is 23.4 Å². The number of rotatable bonds is 6. The second-order valence-corrected chi connectivity index (χ2v) is 5.14. The molecule has 0 bridgehead atoms. The first-order valence-corrected chi connectivity index (χ1v) is 6.95. The van der Waals surface area contributed by atoms with E-state index in [9.17, 15) is 4.79 Å². The van der Waals surface area contributed by atoms with Crippen LogP contribution in [0.15, 0.2) is 30.2 Å². The summed E-state index contributed by atoms with van der Waals surface area (Å²) in [6, 6.07) is 0. The van der Waals surface area contributed by atoms with Crippen LogP contribution in [0.5, 0.6) is 0 Å². The molecule has 0 spiro atoms. The van der Waals surface area contributed by atoms with E-state index in [1.165, 1.54) is 11.8 Å². The molecule has 0 atom stereocenters. The van der Waals surface area contributed by atoms with Crippen molar-refractivity contribution in [3.8, 4) is 0 Å². The molecule has 19 heavy (non-hydrogen) atoms. The van der Waals surface area contributed by atoms with E-state index in [0.29, 0.717) is 22.2 Å². The molecule has 0 unspecified atom stereocenters. The number of fused-ring (bicyclic) bond motifs is 1. The molecule has 0 saturated carbocycles. The lowest BCUT2D eigenvalue weighted by Crippen LogP contribution is -2.03. The SMILES string of the molecule is C=CCCn1c(SCC(=O)O)nc2cncc(Cl)c21. The zero-order valence-electron chi connectivity index (χ0n) is 10.0. The van der Waals surface area contributed by atoms with Crippen LogP contribution in [0, 0.1) is 0 Å². The fourth-order valence-electron chi connectivity index (χ4n) is 1.69. The second kappa shape index (κ2) is 6.08. The third kappa shape index (κ3) is 3.08. The fourth-order valence-corrected chi connectivity index (χ4v) is 2.70. The van der Waals surface area contributed by atoms with Crippen molar-refractivity contribution in [3.63, 3.8) is 0 Å². The summed E-state index contributed by atoms with van der Waals surface area (Å²) < 4.78 is 1.91. The van der Waals surface area contributed by atoms with Crippen LogP contribution < -0.4 is 0 Å². The van der Waals surface area contributed by atoms with E-state index < -0.39 is 5.97 Å². The first kappa shape index (κ1) is 13.9. The average molecular weight is 298 g/mol. The van der Waals surface area contributed by atoms with Crippen LogP contribution in [0.1, 0.15) is 6.42 Å². The minimum Gasteiger partial charge on any atom is -0.481 e. The highest BCUT2D eigenvalue weighted by atomic mass is 35.5. The van der Waals surface area contributed by atoms with Crippen LogP contribution in [-0.4, -0.2) is 31.4 Å². The molecule has 0 aliphatic rings. The highest BCUT2D eigenvalue weighted by molar-refractivity contribution is 7.99. The van der Waals surface area contributed by atoms with Gasteiger partial charge in [0, 0.05) is 12.7 Å². The fraction of sp³-hybridized carbons (Fsp3) is 0.250. The number of carbonyl (C=O) groups is 1. The molecule has 0 aromatic carbocycles. The third-order valence-corrected chi connectivity index (χ3v) is 3.69. The molecule has 0 fully saturated rings. The van der Waals surface area contributed by atoms with Crippen LogP contribution in [0.4, 0.5) is 0 Å². The Labute approximate surface area is 119 Å². The molecule has 7 heteroatoms. The number of imidazole rings is 1. The van der Waals surface area contributed by atoms with Gasteiger partial charge in [0.1, 0.15) is 5.52 Å². The van der Waals surface area contributed by atoms with Crippen molar-refractivity contribution in [1.29, 1.82) is 0 Å². The number of aliphatic carboxylic acids is 1. The molecule has 0 radical (unpaired) electrons. The average Bonchev–Trinajstić information content (AvgIpc) is 2.73. The van der Waals surface area contributed by atoms with Crippen molar-refractivity contribution in [1.82, 2.24) is 14.5 Å². The lowest BCUT2D eigenvalue weighted by Gasteiger charge is -2.07. The zero-order valence-corrected chi connectivity index (χ0v) is 11.6. The summed E-state index contributed by atoms with van der Waals surface area (Å²) in [5.41, 5.74) is 1.45. The van der Waals surface area contributed by atoms with Crippen molar-refractivity contribution in [2.45, 2.75) is 18.1 Å². The molecular weight excluding hydrogens is 286 g/mol. The molecule has 0 amide bonds. The number of hydrogen-bond donors (Lipinski definition) is 1. The summed E-state index contributed by atoms with van der Waals surface area (Å²) in [6.07, 6.45) is 5.73. The number of carboxylic acid groups (broad SMARTS) is 1. The van der Waals surface area contributed by atoms with E-state index in [2.05, 4.69) is 16.5 Å². The molecule has 2 rings (SSSR count). The smallest absolute Gasteiger partial charge is 0.313 e. The van der Waals surface area contributed by atoms with Crippen LogP contribution in [-0.2, 0) is 11.3 Å². The van der Waals surface area contributed by atoms with E-state index in [0.717, 1.165) is 11.9 Å². The Hall–Kier alpha value is -1.53. The van der Waals surface area contributed by atoms with Gasteiger partial charge in [-0.05, 0) is 6.42 Å². The Kier molecular flexibility index (Phi) is 4.44. The number of nitrogens with zero attached hydrogens (tertiary/aromatic N) is 3.